The van der Waals surface area contributed by atoms with E-state index in [9.17, 15) is 10.5 Å². The number of thiophene rings is 2. The summed E-state index contributed by atoms with van der Waals surface area (Å²) in [7, 11) is 0. The van der Waals surface area contributed by atoms with Gasteiger partial charge >= 0.3 is 0 Å². The minimum Gasteiger partial charge on any atom is -0.307 e. The second-order valence-electron chi connectivity index (χ2n) is 12.3. The first-order valence-electron chi connectivity index (χ1n) is 16.0. The Labute approximate surface area is 289 Å². The monoisotopic (exact) mass is 657 g/mol. The van der Waals surface area contributed by atoms with Crippen LogP contribution >= 0.6 is 22.7 Å². The van der Waals surface area contributed by atoms with Crippen molar-refractivity contribution >= 4 is 84.8 Å². The molecule has 0 amide bonds. The quantitative estimate of drug-likeness (QED) is 0.190. The van der Waals surface area contributed by atoms with E-state index in [1.54, 1.807) is 0 Å². The van der Waals surface area contributed by atoms with Crippen molar-refractivity contribution in [3.63, 3.8) is 0 Å². The molecule has 10 rings (SSSR count). The van der Waals surface area contributed by atoms with Crippen LogP contribution in [0.5, 0.6) is 0 Å². The molecule has 0 bridgehead atoms. The number of nitrogens with zero attached hydrogens (tertiary/aromatic N) is 3. The van der Waals surface area contributed by atoms with Gasteiger partial charge in [-0.2, -0.15) is 10.5 Å². The number of hydrogen-bond acceptors (Lipinski definition) is 4. The molecule has 0 N–H and O–H groups in total. The zero-order chi connectivity index (χ0) is 32.6. The lowest BCUT2D eigenvalue weighted by Gasteiger charge is -2.16. The summed E-state index contributed by atoms with van der Waals surface area (Å²) in [6, 6.07) is 53.6. The Bertz CT molecular complexity index is 3020. The van der Waals surface area contributed by atoms with E-state index in [-0.39, 0.29) is 0 Å². The maximum atomic E-state index is 10.4. The largest absolute Gasteiger partial charge is 0.307 e. The number of aromatic nitrogens is 1. The van der Waals surface area contributed by atoms with E-state index in [4.69, 9.17) is 0 Å². The Morgan fingerprint density at radius 1 is 0.429 bits per heavy atom. The summed E-state index contributed by atoms with van der Waals surface area (Å²) in [5, 5.41) is 27.0. The van der Waals surface area contributed by atoms with Gasteiger partial charge in [-0.3, -0.25) is 0 Å². The van der Waals surface area contributed by atoms with Crippen molar-refractivity contribution in [1.82, 2.24) is 4.57 Å². The molecular formula is C44H23N3S2. The van der Waals surface area contributed by atoms with Gasteiger partial charge in [0, 0.05) is 56.7 Å². The fourth-order valence-electron chi connectivity index (χ4n) is 7.40. The summed E-state index contributed by atoms with van der Waals surface area (Å²) < 4.78 is 7.32. The average molecular weight is 658 g/mol. The number of nitriles is 2. The fourth-order valence-corrected chi connectivity index (χ4v) is 9.69. The maximum Gasteiger partial charge on any atom is 0.101 e. The van der Waals surface area contributed by atoms with Gasteiger partial charge in [-0.05, 0) is 83.4 Å². The van der Waals surface area contributed by atoms with Crippen LogP contribution in [0.25, 0.3) is 90.1 Å². The van der Waals surface area contributed by atoms with Gasteiger partial charge in [0.05, 0.1) is 33.9 Å². The Hall–Kier alpha value is -6.24. The molecule has 49 heavy (non-hydrogen) atoms. The molecule has 7 aromatic carbocycles. The summed E-state index contributed by atoms with van der Waals surface area (Å²) >= 11 is 3.66. The molecule has 3 heterocycles. The number of para-hydroxylation sites is 3. The standard InChI is InChI=1S/C44H23N3S2/c45-24-26-12-14-27(15-13-26)28-16-18-40-34(20-28)36-22-37-35-21-29(17-19-41(35)49-43(37)23-42(36)48-40)31-9-5-6-30(25-46)44(31)47-38-10-3-1-7-32(38)33-8-2-4-11-39(33)47/h1-23H. The van der Waals surface area contributed by atoms with Crippen molar-refractivity contribution in [2.45, 2.75) is 0 Å². The van der Waals surface area contributed by atoms with Crippen LogP contribution < -0.4 is 0 Å². The number of benzene rings is 7. The van der Waals surface area contributed by atoms with Crippen molar-refractivity contribution in [3.05, 3.63) is 151 Å². The van der Waals surface area contributed by atoms with Crippen LogP contribution in [0.3, 0.4) is 0 Å². The molecule has 0 radical (unpaired) electrons. The molecule has 5 heteroatoms. The summed E-state index contributed by atoms with van der Waals surface area (Å²) in [5.74, 6) is 0. The fraction of sp³-hybridized carbons (Fsp3) is 0. The van der Waals surface area contributed by atoms with Gasteiger partial charge in [0.15, 0.2) is 0 Å². The molecule has 0 saturated heterocycles. The molecule has 0 aliphatic rings. The number of rotatable bonds is 3. The lowest BCUT2D eigenvalue weighted by atomic mass is 9.97. The molecule has 0 fully saturated rings. The normalized spacial score (nSPS) is 11.6. The zero-order valence-electron chi connectivity index (χ0n) is 25.9. The van der Waals surface area contributed by atoms with Gasteiger partial charge in [-0.25, -0.2) is 0 Å². The average Bonchev–Trinajstić information content (AvgIpc) is 3.81. The minimum atomic E-state index is 0.642. The second-order valence-corrected chi connectivity index (χ2v) is 14.5. The summed E-state index contributed by atoms with van der Waals surface area (Å²) in [5.41, 5.74) is 8.74. The smallest absolute Gasteiger partial charge is 0.101 e. The van der Waals surface area contributed by atoms with Crippen LogP contribution in [0.4, 0.5) is 0 Å². The molecule has 3 aromatic heterocycles. The topological polar surface area (TPSA) is 52.5 Å². The number of hydrogen-bond donors (Lipinski definition) is 0. The summed E-state index contributed by atoms with van der Waals surface area (Å²) in [4.78, 5) is 0. The first-order chi connectivity index (χ1) is 24.2. The Balaban J connectivity index is 1.19. The molecule has 3 nitrogen and oxygen atoms in total. The Kier molecular flexibility index (Phi) is 6.04. The molecule has 0 atom stereocenters. The molecule has 0 spiro atoms. The molecular weight excluding hydrogens is 635 g/mol. The van der Waals surface area contributed by atoms with Crippen LogP contribution in [0, 0.1) is 22.7 Å². The van der Waals surface area contributed by atoms with Crippen LogP contribution in [0.2, 0.25) is 0 Å². The van der Waals surface area contributed by atoms with E-state index in [0.717, 1.165) is 39.0 Å². The van der Waals surface area contributed by atoms with Gasteiger partial charge in [-0.15, -0.1) is 22.7 Å². The maximum absolute atomic E-state index is 10.4. The third-order valence-electron chi connectivity index (χ3n) is 9.68. The Morgan fingerprint density at radius 3 is 1.63 bits per heavy atom. The van der Waals surface area contributed by atoms with Crippen molar-refractivity contribution < 1.29 is 0 Å². The van der Waals surface area contributed by atoms with Gasteiger partial charge in [-0.1, -0.05) is 72.8 Å². The lowest BCUT2D eigenvalue weighted by Crippen LogP contribution is -2.00. The van der Waals surface area contributed by atoms with Crippen LogP contribution in [-0.4, -0.2) is 4.57 Å². The van der Waals surface area contributed by atoms with Crippen molar-refractivity contribution in [2.24, 2.45) is 0 Å². The molecule has 10 aromatic rings. The summed E-state index contributed by atoms with van der Waals surface area (Å²) in [6.45, 7) is 0. The van der Waals surface area contributed by atoms with Gasteiger partial charge in [0.1, 0.15) is 6.07 Å². The van der Waals surface area contributed by atoms with Crippen molar-refractivity contribution in [3.8, 4) is 40.1 Å². The first-order valence-corrected chi connectivity index (χ1v) is 17.7. The molecule has 0 aliphatic heterocycles. The van der Waals surface area contributed by atoms with Crippen LogP contribution in [0.15, 0.2) is 140 Å². The van der Waals surface area contributed by atoms with Crippen LogP contribution in [-0.2, 0) is 0 Å². The molecule has 0 unspecified atom stereocenters. The second kappa shape index (κ2) is 10.6. The third kappa shape index (κ3) is 4.17. The van der Waals surface area contributed by atoms with Gasteiger partial charge < -0.3 is 4.57 Å². The Morgan fingerprint density at radius 2 is 1.00 bits per heavy atom. The zero-order valence-corrected chi connectivity index (χ0v) is 27.6. The first kappa shape index (κ1) is 27.8. The lowest BCUT2D eigenvalue weighted by molar-refractivity contribution is 1.17. The highest BCUT2D eigenvalue weighted by Gasteiger charge is 2.20. The van der Waals surface area contributed by atoms with Crippen molar-refractivity contribution in [2.75, 3.05) is 0 Å². The van der Waals surface area contributed by atoms with Crippen molar-refractivity contribution in [1.29, 1.82) is 10.5 Å². The van der Waals surface area contributed by atoms with E-state index >= 15 is 0 Å². The SMILES string of the molecule is N#Cc1ccc(-c2ccc3sc4cc5sc6ccc(-c7cccc(C#N)c7-n7c8ccccc8c8ccccc87)cc6c5cc4c3c2)cc1. The third-order valence-corrected chi connectivity index (χ3v) is 11.9. The van der Waals surface area contributed by atoms with E-state index in [1.165, 1.54) is 51.1 Å². The summed E-state index contributed by atoms with van der Waals surface area (Å²) in [6.07, 6.45) is 0. The predicted octanol–water partition coefficient (Wildman–Crippen LogP) is 12.6. The highest BCUT2D eigenvalue weighted by molar-refractivity contribution is 7.28. The van der Waals surface area contributed by atoms with Crippen LogP contribution in [0.1, 0.15) is 11.1 Å². The van der Waals surface area contributed by atoms with E-state index < -0.39 is 0 Å². The van der Waals surface area contributed by atoms with Gasteiger partial charge in [0.25, 0.3) is 0 Å². The van der Waals surface area contributed by atoms with E-state index in [1.807, 2.05) is 59.1 Å². The van der Waals surface area contributed by atoms with E-state index in [0.29, 0.717) is 11.1 Å². The predicted molar refractivity (Wildman–Crippen MR) is 207 cm³/mol. The number of fused-ring (bicyclic) bond motifs is 9. The minimum absolute atomic E-state index is 0.642. The molecule has 0 aliphatic carbocycles. The van der Waals surface area contributed by atoms with Gasteiger partial charge in [0.2, 0.25) is 0 Å². The molecule has 226 valence electrons. The molecule has 0 saturated carbocycles. The highest BCUT2D eigenvalue weighted by atomic mass is 32.1. The van der Waals surface area contributed by atoms with E-state index in [2.05, 4.69) is 120 Å². The highest BCUT2D eigenvalue weighted by Crippen LogP contribution is 2.45.